The first kappa shape index (κ1) is 15.1. The highest BCUT2D eigenvalue weighted by atomic mass is 32.1. The molecular formula is C16H19N3O2S. The molecule has 0 saturated carbocycles. The largest absolute Gasteiger partial charge is 0.368 e. The average Bonchev–Trinajstić information content (AvgIpc) is 3.10. The number of rotatable bonds is 4. The van der Waals surface area contributed by atoms with Crippen LogP contribution in [-0.4, -0.2) is 36.7 Å². The lowest BCUT2D eigenvalue weighted by molar-refractivity contribution is -0.140. The lowest BCUT2D eigenvalue weighted by Gasteiger charge is -2.34. The summed E-state index contributed by atoms with van der Waals surface area (Å²) in [5.41, 5.74) is 1.11. The molecule has 0 unspecified atom stereocenters. The van der Waals surface area contributed by atoms with Gasteiger partial charge in [-0.05, 0) is 50.2 Å². The van der Waals surface area contributed by atoms with E-state index in [0.717, 1.165) is 29.3 Å². The van der Waals surface area contributed by atoms with Crippen LogP contribution < -0.4 is 10.6 Å². The zero-order chi connectivity index (χ0) is 15.4. The summed E-state index contributed by atoms with van der Waals surface area (Å²) < 4.78 is 5.54. The van der Waals surface area contributed by atoms with E-state index in [4.69, 9.17) is 4.74 Å². The molecule has 1 fully saturated rings. The van der Waals surface area contributed by atoms with Crippen molar-refractivity contribution in [3.8, 4) is 10.6 Å². The summed E-state index contributed by atoms with van der Waals surface area (Å²) in [6, 6.07) is 7.74. The molecule has 22 heavy (non-hydrogen) atoms. The third kappa shape index (κ3) is 3.04. The van der Waals surface area contributed by atoms with Gasteiger partial charge in [-0.15, -0.1) is 11.3 Å². The molecule has 116 valence electrons. The van der Waals surface area contributed by atoms with Crippen molar-refractivity contribution in [2.24, 2.45) is 0 Å². The smallest absolute Gasteiger partial charge is 0.256 e. The lowest BCUT2D eigenvalue weighted by Crippen LogP contribution is -2.51. The van der Waals surface area contributed by atoms with Gasteiger partial charge in [0, 0.05) is 29.9 Å². The van der Waals surface area contributed by atoms with Crippen molar-refractivity contribution >= 4 is 22.9 Å². The molecule has 5 nitrogen and oxygen atoms in total. The number of nitrogens with zero attached hydrogens (tertiary/aromatic N) is 1. The van der Waals surface area contributed by atoms with Gasteiger partial charge in [-0.3, -0.25) is 4.79 Å². The van der Waals surface area contributed by atoms with E-state index in [-0.39, 0.29) is 5.91 Å². The summed E-state index contributed by atoms with van der Waals surface area (Å²) in [6.07, 6.45) is 3.16. The molecule has 0 atom stereocenters. The van der Waals surface area contributed by atoms with Gasteiger partial charge in [0.25, 0.3) is 5.91 Å². The van der Waals surface area contributed by atoms with Crippen LogP contribution in [0.1, 0.15) is 12.8 Å². The Labute approximate surface area is 133 Å². The Morgan fingerprint density at radius 2 is 2.05 bits per heavy atom. The number of amides is 1. The molecule has 6 heteroatoms. The van der Waals surface area contributed by atoms with E-state index in [1.165, 1.54) is 0 Å². The summed E-state index contributed by atoms with van der Waals surface area (Å²) in [4.78, 5) is 16.8. The number of nitrogens with one attached hydrogen (secondary N) is 2. The van der Waals surface area contributed by atoms with Crippen LogP contribution in [0.15, 0.2) is 35.8 Å². The monoisotopic (exact) mass is 317 g/mol. The predicted molar refractivity (Wildman–Crippen MR) is 88.0 cm³/mol. The van der Waals surface area contributed by atoms with Crippen LogP contribution in [-0.2, 0) is 9.53 Å². The molecule has 0 radical (unpaired) electrons. The third-order valence-corrected chi connectivity index (χ3v) is 4.86. The number of aromatic nitrogens is 1. The fourth-order valence-electron chi connectivity index (χ4n) is 2.66. The Morgan fingerprint density at radius 3 is 2.64 bits per heavy atom. The summed E-state index contributed by atoms with van der Waals surface area (Å²) in [5, 5.41) is 9.14. The number of anilines is 1. The first-order valence-corrected chi connectivity index (χ1v) is 8.19. The molecule has 1 saturated heterocycles. The van der Waals surface area contributed by atoms with Crippen LogP contribution in [0.5, 0.6) is 0 Å². The number of methoxy groups -OCH3 is 1. The maximum atomic E-state index is 12.6. The van der Waals surface area contributed by atoms with Gasteiger partial charge in [-0.2, -0.15) is 0 Å². The summed E-state index contributed by atoms with van der Waals surface area (Å²) in [7, 11) is 1.61. The van der Waals surface area contributed by atoms with Crippen molar-refractivity contribution < 1.29 is 9.53 Å². The van der Waals surface area contributed by atoms with E-state index in [9.17, 15) is 4.79 Å². The molecule has 1 aliphatic rings. The van der Waals surface area contributed by atoms with E-state index in [1.54, 1.807) is 24.6 Å². The third-order valence-electron chi connectivity index (χ3n) is 4.04. The normalized spacial score (nSPS) is 17.1. The standard InChI is InChI=1S/C16H19N3O2S/c1-21-16(6-8-17-9-7-16)15(20)19-13-4-2-12(3-5-13)14-18-10-11-22-14/h2-5,10-11,17H,6-9H2,1H3,(H,19,20). The van der Waals surface area contributed by atoms with Crippen LogP contribution in [0, 0.1) is 0 Å². The van der Waals surface area contributed by atoms with Gasteiger partial charge in [0.05, 0.1) is 0 Å². The van der Waals surface area contributed by atoms with Crippen LogP contribution >= 0.6 is 11.3 Å². The zero-order valence-electron chi connectivity index (χ0n) is 12.5. The molecular weight excluding hydrogens is 298 g/mol. The molecule has 0 bridgehead atoms. The van der Waals surface area contributed by atoms with E-state index < -0.39 is 5.60 Å². The van der Waals surface area contributed by atoms with Crippen molar-refractivity contribution in [1.29, 1.82) is 0 Å². The number of benzene rings is 1. The molecule has 1 amide bonds. The molecule has 2 aromatic rings. The fourth-order valence-corrected chi connectivity index (χ4v) is 3.31. The molecule has 0 aliphatic carbocycles. The number of carbonyl (C=O) groups is 1. The Hall–Kier alpha value is -1.76. The minimum atomic E-state index is -0.723. The number of thiazole rings is 1. The van der Waals surface area contributed by atoms with Crippen LogP contribution in [0.3, 0.4) is 0 Å². The highest BCUT2D eigenvalue weighted by Crippen LogP contribution is 2.26. The van der Waals surface area contributed by atoms with Crippen molar-refractivity contribution in [3.63, 3.8) is 0 Å². The molecule has 3 rings (SSSR count). The van der Waals surface area contributed by atoms with Crippen molar-refractivity contribution in [2.45, 2.75) is 18.4 Å². The average molecular weight is 317 g/mol. The molecule has 2 heterocycles. The van der Waals surface area contributed by atoms with Crippen molar-refractivity contribution in [3.05, 3.63) is 35.8 Å². The first-order valence-electron chi connectivity index (χ1n) is 7.31. The van der Waals surface area contributed by atoms with Crippen molar-refractivity contribution in [2.75, 3.05) is 25.5 Å². The van der Waals surface area contributed by atoms with E-state index in [1.807, 2.05) is 29.6 Å². The second kappa shape index (κ2) is 6.56. The van der Waals surface area contributed by atoms with Gasteiger partial charge in [0.15, 0.2) is 0 Å². The number of piperidine rings is 1. The Kier molecular flexibility index (Phi) is 4.52. The number of hydrogen-bond donors (Lipinski definition) is 2. The summed E-state index contributed by atoms with van der Waals surface area (Å²) >= 11 is 1.60. The van der Waals surface area contributed by atoms with Gasteiger partial charge >= 0.3 is 0 Å². The second-order valence-corrected chi connectivity index (χ2v) is 6.21. The molecule has 2 N–H and O–H groups in total. The van der Waals surface area contributed by atoms with Crippen molar-refractivity contribution in [1.82, 2.24) is 10.3 Å². The van der Waals surface area contributed by atoms with E-state index in [0.29, 0.717) is 12.8 Å². The van der Waals surface area contributed by atoms with Gasteiger partial charge in [-0.25, -0.2) is 4.98 Å². The van der Waals surface area contributed by atoms with Gasteiger partial charge in [0.1, 0.15) is 10.6 Å². The lowest BCUT2D eigenvalue weighted by atomic mass is 9.91. The zero-order valence-corrected chi connectivity index (χ0v) is 13.3. The fraction of sp³-hybridized carbons (Fsp3) is 0.375. The van der Waals surface area contributed by atoms with Gasteiger partial charge < -0.3 is 15.4 Å². The van der Waals surface area contributed by atoms with Gasteiger partial charge in [-0.1, -0.05) is 0 Å². The van der Waals surface area contributed by atoms with Crippen LogP contribution in [0.4, 0.5) is 5.69 Å². The number of carbonyl (C=O) groups excluding carboxylic acids is 1. The maximum absolute atomic E-state index is 12.6. The Balaban J connectivity index is 1.71. The highest BCUT2D eigenvalue weighted by Gasteiger charge is 2.39. The minimum absolute atomic E-state index is 0.0708. The SMILES string of the molecule is COC1(C(=O)Nc2ccc(-c3nccs3)cc2)CCNCC1. The quantitative estimate of drug-likeness (QED) is 0.909. The Morgan fingerprint density at radius 1 is 1.32 bits per heavy atom. The maximum Gasteiger partial charge on any atom is 0.256 e. The van der Waals surface area contributed by atoms with Crippen LogP contribution in [0.2, 0.25) is 0 Å². The number of ether oxygens (including phenoxy) is 1. The predicted octanol–water partition coefficient (Wildman–Crippen LogP) is 2.52. The van der Waals surface area contributed by atoms with Crippen LogP contribution in [0.25, 0.3) is 10.6 Å². The molecule has 1 aromatic heterocycles. The highest BCUT2D eigenvalue weighted by molar-refractivity contribution is 7.13. The minimum Gasteiger partial charge on any atom is -0.368 e. The molecule has 1 aromatic carbocycles. The first-order chi connectivity index (χ1) is 10.7. The van der Waals surface area contributed by atoms with Gasteiger partial charge in [0.2, 0.25) is 0 Å². The van der Waals surface area contributed by atoms with E-state index in [2.05, 4.69) is 15.6 Å². The van der Waals surface area contributed by atoms with E-state index >= 15 is 0 Å². The summed E-state index contributed by atoms with van der Waals surface area (Å²) in [5.74, 6) is -0.0708. The molecule has 0 spiro atoms. The molecule has 1 aliphatic heterocycles. The Bertz CT molecular complexity index is 619. The summed E-state index contributed by atoms with van der Waals surface area (Å²) in [6.45, 7) is 1.59. The number of hydrogen-bond acceptors (Lipinski definition) is 5. The topological polar surface area (TPSA) is 63.2 Å². The second-order valence-electron chi connectivity index (χ2n) is 5.32.